The van der Waals surface area contributed by atoms with Crippen LogP contribution in [0.2, 0.25) is 10.0 Å². The minimum absolute atomic E-state index is 0.0971. The monoisotopic (exact) mass is 477 g/mol. The molecular formula is C27H21Cl2NO3. The lowest BCUT2D eigenvalue weighted by molar-refractivity contribution is 0.0730. The summed E-state index contributed by atoms with van der Waals surface area (Å²) in [7, 11) is 0. The predicted octanol–water partition coefficient (Wildman–Crippen LogP) is 6.50. The van der Waals surface area contributed by atoms with Crippen LogP contribution in [0.4, 0.5) is 0 Å². The Morgan fingerprint density at radius 1 is 0.909 bits per heavy atom. The first kappa shape index (κ1) is 21.7. The molecule has 0 saturated heterocycles. The van der Waals surface area contributed by atoms with Gasteiger partial charge < -0.3 is 9.32 Å². The van der Waals surface area contributed by atoms with Gasteiger partial charge in [0, 0.05) is 6.54 Å². The zero-order valence-electron chi connectivity index (χ0n) is 18.2. The third-order valence-corrected chi connectivity index (χ3v) is 7.06. The van der Waals surface area contributed by atoms with Crippen LogP contribution in [-0.4, -0.2) is 17.4 Å². The van der Waals surface area contributed by atoms with Gasteiger partial charge in [-0.1, -0.05) is 59.6 Å². The van der Waals surface area contributed by atoms with Crippen molar-refractivity contribution in [2.24, 2.45) is 0 Å². The molecule has 4 nitrogen and oxygen atoms in total. The zero-order chi connectivity index (χ0) is 23.3. The molecule has 0 radical (unpaired) electrons. The standard InChI is InChI=1S/C27H21Cl2NO3/c1-15-12-19-22(13-16(15)2)33-26-23(25(19)31)24(18-8-9-20(28)21(29)14-18)30(27(26)32)11-10-17-6-4-3-5-7-17/h3-9,12-14,24H,10-11H2,1-2H3. The average Bonchev–Trinajstić information content (AvgIpc) is 3.08. The summed E-state index contributed by atoms with van der Waals surface area (Å²) in [5.74, 6) is -0.200. The fourth-order valence-corrected chi connectivity index (χ4v) is 4.74. The predicted molar refractivity (Wildman–Crippen MR) is 131 cm³/mol. The molecule has 2 heterocycles. The van der Waals surface area contributed by atoms with E-state index in [1.54, 1.807) is 23.1 Å². The maximum atomic E-state index is 13.7. The lowest BCUT2D eigenvalue weighted by atomic mass is 9.97. The minimum Gasteiger partial charge on any atom is -0.450 e. The fraction of sp³-hybridized carbons (Fsp3) is 0.185. The van der Waals surface area contributed by atoms with E-state index in [2.05, 4.69) is 0 Å². The molecule has 1 aliphatic heterocycles. The Balaban J connectivity index is 1.69. The number of hydrogen-bond acceptors (Lipinski definition) is 3. The number of fused-ring (bicyclic) bond motifs is 2. The van der Waals surface area contributed by atoms with Crippen molar-refractivity contribution in [2.75, 3.05) is 6.54 Å². The first-order chi connectivity index (χ1) is 15.8. The van der Waals surface area contributed by atoms with Gasteiger partial charge in [0.25, 0.3) is 5.91 Å². The molecular weight excluding hydrogens is 457 g/mol. The van der Waals surface area contributed by atoms with Crippen LogP contribution < -0.4 is 5.43 Å². The van der Waals surface area contributed by atoms with Crippen LogP contribution >= 0.6 is 23.2 Å². The molecule has 1 amide bonds. The van der Waals surface area contributed by atoms with Gasteiger partial charge in [0.2, 0.25) is 5.76 Å². The summed E-state index contributed by atoms with van der Waals surface area (Å²) < 4.78 is 6.07. The molecule has 5 rings (SSSR count). The third kappa shape index (κ3) is 3.73. The van der Waals surface area contributed by atoms with E-state index in [-0.39, 0.29) is 17.1 Å². The number of halogens is 2. The van der Waals surface area contributed by atoms with Crippen LogP contribution in [0.1, 0.15) is 44.4 Å². The van der Waals surface area contributed by atoms with Crippen LogP contribution in [0.25, 0.3) is 11.0 Å². The summed E-state index contributed by atoms with van der Waals surface area (Å²) in [6.07, 6.45) is 0.643. The molecule has 0 aliphatic carbocycles. The van der Waals surface area contributed by atoms with Crippen molar-refractivity contribution < 1.29 is 9.21 Å². The summed E-state index contributed by atoms with van der Waals surface area (Å²) in [6.45, 7) is 4.33. The first-order valence-corrected chi connectivity index (χ1v) is 11.5. The molecule has 4 aromatic rings. The van der Waals surface area contributed by atoms with Gasteiger partial charge in [0.05, 0.1) is 27.0 Å². The highest BCUT2D eigenvalue weighted by Crippen LogP contribution is 2.40. The number of nitrogens with zero attached hydrogens (tertiary/aromatic N) is 1. The van der Waals surface area contributed by atoms with Crippen molar-refractivity contribution in [1.82, 2.24) is 4.90 Å². The van der Waals surface area contributed by atoms with Gasteiger partial charge in [0.1, 0.15) is 5.58 Å². The zero-order valence-corrected chi connectivity index (χ0v) is 19.7. The van der Waals surface area contributed by atoms with E-state index in [1.807, 2.05) is 56.3 Å². The number of carbonyl (C=O) groups is 1. The van der Waals surface area contributed by atoms with Crippen molar-refractivity contribution in [1.29, 1.82) is 0 Å². The van der Waals surface area contributed by atoms with Crippen LogP contribution in [0.3, 0.4) is 0 Å². The van der Waals surface area contributed by atoms with Gasteiger partial charge in [-0.15, -0.1) is 0 Å². The van der Waals surface area contributed by atoms with Crippen LogP contribution in [0.15, 0.2) is 69.9 Å². The highest BCUT2D eigenvalue weighted by molar-refractivity contribution is 6.42. The van der Waals surface area contributed by atoms with E-state index in [9.17, 15) is 9.59 Å². The largest absolute Gasteiger partial charge is 0.450 e. The number of carbonyl (C=O) groups excluding carboxylic acids is 1. The van der Waals surface area contributed by atoms with Crippen LogP contribution in [0.5, 0.6) is 0 Å². The van der Waals surface area contributed by atoms with Crippen molar-refractivity contribution in [3.05, 3.63) is 115 Å². The number of hydrogen-bond donors (Lipinski definition) is 0. The molecule has 3 aromatic carbocycles. The molecule has 0 spiro atoms. The Morgan fingerprint density at radius 3 is 2.36 bits per heavy atom. The van der Waals surface area contributed by atoms with E-state index < -0.39 is 6.04 Å². The molecule has 0 saturated carbocycles. The normalized spacial score (nSPS) is 15.3. The second kappa shape index (κ2) is 8.36. The average molecular weight is 478 g/mol. The molecule has 33 heavy (non-hydrogen) atoms. The summed E-state index contributed by atoms with van der Waals surface area (Å²) in [6, 6.07) is 18.2. The minimum atomic E-state index is -0.603. The molecule has 1 atom stereocenters. The van der Waals surface area contributed by atoms with Gasteiger partial charge >= 0.3 is 0 Å². The number of aryl methyl sites for hydroxylation is 2. The smallest absolute Gasteiger partial charge is 0.290 e. The van der Waals surface area contributed by atoms with Crippen LogP contribution in [-0.2, 0) is 6.42 Å². The summed E-state index contributed by atoms with van der Waals surface area (Å²) in [4.78, 5) is 28.9. The second-order valence-corrected chi connectivity index (χ2v) is 9.23. The molecule has 0 N–H and O–H groups in total. The quantitative estimate of drug-likeness (QED) is 0.336. The summed E-state index contributed by atoms with van der Waals surface area (Å²) >= 11 is 12.5. The maximum absolute atomic E-state index is 13.7. The molecule has 166 valence electrons. The Morgan fingerprint density at radius 2 is 1.64 bits per heavy atom. The maximum Gasteiger partial charge on any atom is 0.290 e. The molecule has 6 heteroatoms. The molecule has 0 bridgehead atoms. The highest BCUT2D eigenvalue weighted by atomic mass is 35.5. The van der Waals surface area contributed by atoms with Crippen LogP contribution in [0, 0.1) is 13.8 Å². The molecule has 1 aromatic heterocycles. The van der Waals surface area contributed by atoms with Gasteiger partial charge in [-0.3, -0.25) is 9.59 Å². The molecule has 1 aliphatic rings. The van der Waals surface area contributed by atoms with E-state index >= 15 is 0 Å². The SMILES string of the molecule is Cc1cc2oc3c(c(=O)c2cc1C)C(c1ccc(Cl)c(Cl)c1)N(CCc1ccccc1)C3=O. The highest BCUT2D eigenvalue weighted by Gasteiger charge is 2.42. The van der Waals surface area contributed by atoms with Crippen molar-refractivity contribution >= 4 is 40.1 Å². The topological polar surface area (TPSA) is 50.5 Å². The van der Waals surface area contributed by atoms with Crippen molar-refractivity contribution in [3.8, 4) is 0 Å². The van der Waals surface area contributed by atoms with Gasteiger partial charge in [0.15, 0.2) is 5.43 Å². The summed E-state index contributed by atoms with van der Waals surface area (Å²) in [5.41, 5.74) is 4.39. The first-order valence-electron chi connectivity index (χ1n) is 10.7. The second-order valence-electron chi connectivity index (χ2n) is 8.42. The number of rotatable bonds is 4. The Bertz CT molecular complexity index is 1460. The Labute approximate surface area is 201 Å². The van der Waals surface area contributed by atoms with Crippen molar-refractivity contribution in [2.45, 2.75) is 26.3 Å². The molecule has 1 unspecified atom stereocenters. The third-order valence-electron chi connectivity index (χ3n) is 6.33. The number of benzene rings is 3. The van der Waals surface area contributed by atoms with E-state index in [0.29, 0.717) is 39.5 Å². The van der Waals surface area contributed by atoms with E-state index in [4.69, 9.17) is 27.6 Å². The van der Waals surface area contributed by atoms with Gasteiger partial charge in [-0.05, 0) is 66.8 Å². The lowest BCUT2D eigenvalue weighted by Gasteiger charge is -2.25. The van der Waals surface area contributed by atoms with Gasteiger partial charge in [-0.25, -0.2) is 0 Å². The van der Waals surface area contributed by atoms with E-state index in [1.165, 1.54) is 0 Å². The Hall–Kier alpha value is -3.08. The number of amides is 1. The van der Waals surface area contributed by atoms with Gasteiger partial charge in [-0.2, -0.15) is 0 Å². The molecule has 0 fully saturated rings. The fourth-order valence-electron chi connectivity index (χ4n) is 4.43. The summed E-state index contributed by atoms with van der Waals surface area (Å²) in [5, 5.41) is 1.26. The Kier molecular flexibility index (Phi) is 5.51. The lowest BCUT2D eigenvalue weighted by Crippen LogP contribution is -2.31. The van der Waals surface area contributed by atoms with E-state index in [0.717, 1.165) is 22.3 Å². The van der Waals surface area contributed by atoms with Crippen molar-refractivity contribution in [3.63, 3.8) is 0 Å².